The second-order valence-corrected chi connectivity index (χ2v) is 4.57. The number of nitrogens with zero attached hydrogens (tertiary/aromatic N) is 1. The predicted molar refractivity (Wildman–Crippen MR) is 81.3 cm³/mol. The molecule has 0 radical (unpaired) electrons. The van der Waals surface area contributed by atoms with E-state index in [1.165, 1.54) is 25.3 Å². The lowest BCUT2D eigenvalue weighted by molar-refractivity contribution is 0.112. The Hall–Kier alpha value is -3.07. The molecule has 0 saturated carbocycles. The molecule has 0 unspecified atom stereocenters. The minimum atomic E-state index is -0.509. The molecule has 118 valence electrons. The first-order valence-corrected chi connectivity index (χ1v) is 6.79. The summed E-state index contributed by atoms with van der Waals surface area (Å²) in [6, 6.07) is 6.91. The zero-order valence-corrected chi connectivity index (χ0v) is 12.6. The topological polar surface area (TPSA) is 79.6 Å². The number of aldehydes is 1. The van der Waals surface area contributed by atoms with Crippen molar-refractivity contribution < 1.29 is 23.8 Å². The smallest absolute Gasteiger partial charge is 0.178 e. The van der Waals surface area contributed by atoms with Crippen molar-refractivity contribution in [2.75, 3.05) is 13.7 Å². The number of rotatable bonds is 5. The molecule has 0 bridgehead atoms. The highest BCUT2D eigenvalue weighted by atomic mass is 19.1. The van der Waals surface area contributed by atoms with Gasteiger partial charge in [0.15, 0.2) is 17.8 Å². The number of benzene rings is 2. The number of ether oxygens (including phenoxy) is 2. The van der Waals surface area contributed by atoms with E-state index in [1.54, 1.807) is 6.92 Å². The van der Waals surface area contributed by atoms with Crippen LogP contribution in [0.4, 0.5) is 4.39 Å². The summed E-state index contributed by atoms with van der Waals surface area (Å²) in [6.07, 6.45) is 0.508. The number of nitriles is 1. The molecule has 2 aromatic rings. The van der Waals surface area contributed by atoms with Crippen molar-refractivity contribution in [3.05, 3.63) is 41.2 Å². The standard InChI is InChI=1S/C17H14FNO4/c1-3-23-14-7-12(18)4-5-13(14)15-11(9-20)6-10(8-19)17(22-2)16(15)21/h4-7,9,21H,3H2,1-2H3. The van der Waals surface area contributed by atoms with Crippen molar-refractivity contribution in [2.45, 2.75) is 6.92 Å². The zero-order valence-electron chi connectivity index (χ0n) is 12.6. The summed E-state index contributed by atoms with van der Waals surface area (Å²) < 4.78 is 23.9. The first kappa shape index (κ1) is 16.3. The van der Waals surface area contributed by atoms with Crippen molar-refractivity contribution in [1.82, 2.24) is 0 Å². The number of phenols is 1. The predicted octanol–water partition coefficient (Wildman–Crippen LogP) is 3.29. The second-order valence-electron chi connectivity index (χ2n) is 4.57. The van der Waals surface area contributed by atoms with Gasteiger partial charge in [-0.15, -0.1) is 0 Å². The highest BCUT2D eigenvalue weighted by Gasteiger charge is 2.22. The van der Waals surface area contributed by atoms with Crippen molar-refractivity contribution >= 4 is 6.29 Å². The number of halogens is 1. The molecule has 0 amide bonds. The number of hydrogen-bond acceptors (Lipinski definition) is 5. The number of phenolic OH excluding ortho intramolecular Hbond substituents is 1. The van der Waals surface area contributed by atoms with Crippen LogP contribution in [0.2, 0.25) is 0 Å². The van der Waals surface area contributed by atoms with Crippen LogP contribution in [0.1, 0.15) is 22.8 Å². The Labute approximate surface area is 132 Å². The molecule has 0 spiro atoms. The fourth-order valence-electron chi connectivity index (χ4n) is 2.31. The van der Waals surface area contributed by atoms with Crippen LogP contribution >= 0.6 is 0 Å². The van der Waals surface area contributed by atoms with E-state index in [4.69, 9.17) is 14.7 Å². The van der Waals surface area contributed by atoms with Gasteiger partial charge in [-0.1, -0.05) is 0 Å². The van der Waals surface area contributed by atoms with E-state index >= 15 is 0 Å². The van der Waals surface area contributed by atoms with Gasteiger partial charge in [0.2, 0.25) is 0 Å². The molecule has 5 nitrogen and oxygen atoms in total. The molecule has 1 N–H and O–H groups in total. The van der Waals surface area contributed by atoms with Gasteiger partial charge in [-0.3, -0.25) is 4.79 Å². The van der Waals surface area contributed by atoms with E-state index in [-0.39, 0.29) is 40.5 Å². The van der Waals surface area contributed by atoms with E-state index in [9.17, 15) is 14.3 Å². The summed E-state index contributed by atoms with van der Waals surface area (Å²) in [5, 5.41) is 19.5. The van der Waals surface area contributed by atoms with Crippen LogP contribution in [-0.4, -0.2) is 25.1 Å². The maximum Gasteiger partial charge on any atom is 0.178 e. The fraction of sp³-hybridized carbons (Fsp3) is 0.176. The third-order valence-corrected chi connectivity index (χ3v) is 3.25. The molecule has 0 saturated heterocycles. The van der Waals surface area contributed by atoms with Crippen molar-refractivity contribution in [1.29, 1.82) is 5.26 Å². The minimum Gasteiger partial charge on any atom is -0.504 e. The normalized spacial score (nSPS) is 10.0. The van der Waals surface area contributed by atoms with Crippen LogP contribution < -0.4 is 9.47 Å². The molecule has 23 heavy (non-hydrogen) atoms. The van der Waals surface area contributed by atoms with Gasteiger partial charge in [-0.2, -0.15) is 5.26 Å². The van der Waals surface area contributed by atoms with Gasteiger partial charge in [0.05, 0.1) is 19.3 Å². The summed E-state index contributed by atoms with van der Waals surface area (Å²) in [4.78, 5) is 11.4. The minimum absolute atomic E-state index is 0.0240. The van der Waals surface area contributed by atoms with E-state index in [0.717, 1.165) is 6.07 Å². The first-order chi connectivity index (χ1) is 11.1. The van der Waals surface area contributed by atoms with Gasteiger partial charge in [0.25, 0.3) is 0 Å². The third-order valence-electron chi connectivity index (χ3n) is 3.25. The summed E-state index contributed by atoms with van der Waals surface area (Å²) >= 11 is 0. The number of hydrogen-bond donors (Lipinski definition) is 1. The van der Waals surface area contributed by atoms with Gasteiger partial charge >= 0.3 is 0 Å². The Morgan fingerprint density at radius 3 is 2.70 bits per heavy atom. The van der Waals surface area contributed by atoms with Gasteiger partial charge < -0.3 is 14.6 Å². The highest BCUT2D eigenvalue weighted by molar-refractivity contribution is 5.94. The molecule has 0 fully saturated rings. The molecular weight excluding hydrogens is 301 g/mol. The monoisotopic (exact) mass is 315 g/mol. The van der Waals surface area contributed by atoms with E-state index in [1.807, 2.05) is 6.07 Å². The quantitative estimate of drug-likeness (QED) is 0.856. The number of carbonyl (C=O) groups is 1. The molecule has 0 aromatic heterocycles. The molecule has 0 atom stereocenters. The van der Waals surface area contributed by atoms with Crippen molar-refractivity contribution in [2.24, 2.45) is 0 Å². The Balaban J connectivity index is 2.83. The van der Waals surface area contributed by atoms with Crippen LogP contribution in [0.15, 0.2) is 24.3 Å². The van der Waals surface area contributed by atoms with Gasteiger partial charge in [-0.05, 0) is 25.1 Å². The lowest BCUT2D eigenvalue weighted by Gasteiger charge is -2.16. The molecule has 2 rings (SSSR count). The molecule has 0 aliphatic carbocycles. The Morgan fingerprint density at radius 2 is 2.13 bits per heavy atom. The SMILES string of the molecule is CCOc1cc(F)ccc1-c1c(C=O)cc(C#N)c(OC)c1O. The van der Waals surface area contributed by atoms with E-state index in [0.29, 0.717) is 11.8 Å². The number of methoxy groups -OCH3 is 1. The average Bonchev–Trinajstić information content (AvgIpc) is 2.55. The molecule has 6 heteroatoms. The molecule has 0 aliphatic heterocycles. The average molecular weight is 315 g/mol. The maximum atomic E-state index is 13.5. The van der Waals surface area contributed by atoms with Crippen LogP contribution in [0, 0.1) is 17.1 Å². The van der Waals surface area contributed by atoms with Gasteiger partial charge in [0.1, 0.15) is 17.6 Å². The molecular formula is C17H14FNO4. The summed E-state index contributed by atoms with van der Waals surface area (Å²) in [6.45, 7) is 2.01. The third kappa shape index (κ3) is 2.94. The Morgan fingerprint density at radius 1 is 1.39 bits per heavy atom. The largest absolute Gasteiger partial charge is 0.504 e. The second kappa shape index (κ2) is 6.79. The van der Waals surface area contributed by atoms with Crippen LogP contribution in [0.25, 0.3) is 11.1 Å². The Kier molecular flexibility index (Phi) is 4.82. The fourth-order valence-corrected chi connectivity index (χ4v) is 2.31. The van der Waals surface area contributed by atoms with Crippen LogP contribution in [0.3, 0.4) is 0 Å². The summed E-state index contributed by atoms with van der Waals surface area (Å²) in [5.74, 6) is -0.760. The van der Waals surface area contributed by atoms with Crippen LogP contribution in [0.5, 0.6) is 17.2 Å². The van der Waals surface area contributed by atoms with Gasteiger partial charge in [0, 0.05) is 22.8 Å². The number of carbonyl (C=O) groups excluding carboxylic acids is 1. The number of aromatic hydroxyl groups is 1. The molecule has 0 aliphatic rings. The summed E-state index contributed by atoms with van der Waals surface area (Å²) in [5.41, 5.74) is 0.554. The first-order valence-electron chi connectivity index (χ1n) is 6.79. The highest BCUT2D eigenvalue weighted by Crippen LogP contribution is 2.44. The lowest BCUT2D eigenvalue weighted by Crippen LogP contribution is -1.99. The maximum absolute atomic E-state index is 13.5. The van der Waals surface area contributed by atoms with Crippen LogP contribution in [-0.2, 0) is 0 Å². The Bertz CT molecular complexity index is 796. The molecule has 0 heterocycles. The van der Waals surface area contributed by atoms with E-state index in [2.05, 4.69) is 0 Å². The lowest BCUT2D eigenvalue weighted by atomic mass is 9.95. The summed E-state index contributed by atoms with van der Waals surface area (Å²) in [7, 11) is 1.30. The van der Waals surface area contributed by atoms with E-state index < -0.39 is 5.82 Å². The van der Waals surface area contributed by atoms with Crippen molar-refractivity contribution in [3.8, 4) is 34.4 Å². The van der Waals surface area contributed by atoms with Crippen molar-refractivity contribution in [3.63, 3.8) is 0 Å². The zero-order chi connectivity index (χ0) is 17.0. The molecule has 2 aromatic carbocycles. The van der Waals surface area contributed by atoms with Gasteiger partial charge in [-0.25, -0.2) is 4.39 Å².